The molecule has 0 atom stereocenters. The van der Waals surface area contributed by atoms with Gasteiger partial charge < -0.3 is 13.6 Å². The molecule has 0 fully saturated rings. The normalized spacial score (nSPS) is 13.1. The monoisotopic (exact) mass is 210 g/mol. The molecular formula is C5H18O3Si3. The van der Waals surface area contributed by atoms with Gasteiger partial charge in [0.2, 0.25) is 9.76 Å². The molecule has 0 aromatic heterocycles. The highest BCUT2D eigenvalue weighted by atomic mass is 28.3. The lowest BCUT2D eigenvalue weighted by Crippen LogP contribution is -2.33. The van der Waals surface area contributed by atoms with Crippen molar-refractivity contribution in [3.63, 3.8) is 0 Å². The Hall–Kier alpha value is 0.531. The van der Waals surface area contributed by atoms with Gasteiger partial charge in [0.05, 0.1) is 0 Å². The van der Waals surface area contributed by atoms with Crippen LogP contribution in [0, 0.1) is 0 Å². The summed E-state index contributed by atoms with van der Waals surface area (Å²) < 4.78 is 10.9. The van der Waals surface area contributed by atoms with E-state index < -0.39 is 27.8 Å². The van der Waals surface area contributed by atoms with Crippen molar-refractivity contribution in [1.82, 2.24) is 0 Å². The smallest absolute Gasteiger partial charge is 0.216 e. The van der Waals surface area contributed by atoms with Gasteiger partial charge in [0, 0.05) is 0 Å². The van der Waals surface area contributed by atoms with E-state index in [9.17, 15) is 0 Å². The molecule has 68 valence electrons. The van der Waals surface area contributed by atoms with Gasteiger partial charge in [-0.05, 0) is 26.2 Å². The van der Waals surface area contributed by atoms with E-state index in [4.69, 9.17) is 13.6 Å². The molecule has 0 rings (SSSR count). The van der Waals surface area contributed by atoms with Crippen molar-refractivity contribution in [2.75, 3.05) is 0 Å². The summed E-state index contributed by atoms with van der Waals surface area (Å²) in [5, 5.41) is 0. The summed E-state index contributed by atoms with van der Waals surface area (Å²) in [6.45, 7) is 8.34. The average Bonchev–Trinajstić information content (AvgIpc) is 1.84. The van der Waals surface area contributed by atoms with Crippen LogP contribution in [0.4, 0.5) is 0 Å². The molecule has 1 N–H and O–H groups in total. The first-order valence-electron chi connectivity index (χ1n) is 3.98. The Morgan fingerprint density at radius 2 is 1.45 bits per heavy atom. The summed E-state index contributed by atoms with van der Waals surface area (Å²) in [6, 6.07) is 0. The number of hydrogen-bond donors (Lipinski definition) is 1. The fourth-order valence-corrected chi connectivity index (χ4v) is 5.19. The van der Waals surface area contributed by atoms with E-state index in [0.29, 0.717) is 0 Å². The molecule has 0 aromatic carbocycles. The maximum Gasteiger partial charge on any atom is 0.216 e. The van der Waals surface area contributed by atoms with Gasteiger partial charge >= 0.3 is 0 Å². The summed E-state index contributed by atoms with van der Waals surface area (Å²) >= 11 is 0. The van der Waals surface area contributed by atoms with E-state index in [1.165, 1.54) is 0 Å². The first kappa shape index (κ1) is 11.5. The third-order valence-corrected chi connectivity index (χ3v) is 4.15. The first-order chi connectivity index (χ1) is 5.06. The Kier molecular flexibility index (Phi) is 6.39. The van der Waals surface area contributed by atoms with Crippen LogP contribution in [0.25, 0.3) is 0 Å². The molecule has 0 saturated carbocycles. The lowest BCUT2D eigenvalue weighted by Gasteiger charge is -2.20. The summed E-state index contributed by atoms with van der Waals surface area (Å²) in [5.41, 5.74) is 0. The van der Waals surface area contributed by atoms with Gasteiger partial charge in [0.15, 0.2) is 18.1 Å². The van der Waals surface area contributed by atoms with Crippen LogP contribution in [0.5, 0.6) is 0 Å². The SMILES string of the molecule is C[SiH](C)OC(O[SiH](C)C)[SiH2]O. The summed E-state index contributed by atoms with van der Waals surface area (Å²) in [6.07, 6.45) is 0. The fourth-order valence-electron chi connectivity index (χ4n) is 0.725. The van der Waals surface area contributed by atoms with Crippen LogP contribution in [0.3, 0.4) is 0 Å². The molecule has 0 unspecified atom stereocenters. The Morgan fingerprint density at radius 3 is 1.64 bits per heavy atom. The highest BCUT2D eigenvalue weighted by molar-refractivity contribution is 6.51. The molecule has 0 aliphatic heterocycles. The van der Waals surface area contributed by atoms with Crippen molar-refractivity contribution in [2.24, 2.45) is 0 Å². The predicted octanol–water partition coefficient (Wildman–Crippen LogP) is -0.654. The second-order valence-electron chi connectivity index (χ2n) is 2.98. The molecule has 0 aliphatic carbocycles. The molecule has 3 nitrogen and oxygen atoms in total. The van der Waals surface area contributed by atoms with Crippen molar-refractivity contribution in [2.45, 2.75) is 32.1 Å². The molecule has 0 radical (unpaired) electrons. The molecule has 6 heteroatoms. The minimum Gasteiger partial charge on any atom is -0.432 e. The number of rotatable bonds is 5. The van der Waals surface area contributed by atoms with Crippen molar-refractivity contribution < 1.29 is 13.6 Å². The van der Waals surface area contributed by atoms with Crippen LogP contribution >= 0.6 is 0 Å². The van der Waals surface area contributed by atoms with E-state index >= 15 is 0 Å². The van der Waals surface area contributed by atoms with Crippen LogP contribution in [-0.2, 0) is 8.85 Å². The largest absolute Gasteiger partial charge is 0.432 e. The van der Waals surface area contributed by atoms with Crippen LogP contribution in [0.1, 0.15) is 0 Å². The van der Waals surface area contributed by atoms with Gasteiger partial charge in [-0.2, -0.15) is 0 Å². The maximum atomic E-state index is 8.96. The van der Waals surface area contributed by atoms with Crippen LogP contribution in [-0.4, -0.2) is 38.6 Å². The maximum absolute atomic E-state index is 8.96. The van der Waals surface area contributed by atoms with Crippen LogP contribution < -0.4 is 0 Å². The van der Waals surface area contributed by atoms with Gasteiger partial charge in [-0.1, -0.05) is 0 Å². The second-order valence-corrected chi connectivity index (χ2v) is 8.75. The minimum absolute atomic E-state index is 0.215. The van der Waals surface area contributed by atoms with Gasteiger partial charge in [-0.15, -0.1) is 0 Å². The molecule has 11 heavy (non-hydrogen) atoms. The zero-order chi connectivity index (χ0) is 8.85. The molecule has 0 heterocycles. The van der Waals surface area contributed by atoms with E-state index in [1.54, 1.807) is 0 Å². The first-order valence-corrected chi connectivity index (χ1v) is 11.0. The fraction of sp³-hybridized carbons (Fsp3) is 1.00. The van der Waals surface area contributed by atoms with E-state index in [-0.39, 0.29) is 5.91 Å². The standard InChI is InChI=1S/C5H18O3Si3/c1-10(2)7-5(9-6)8-11(3)4/h5-6,10-11H,9H2,1-4H3. The van der Waals surface area contributed by atoms with Crippen molar-refractivity contribution in [3.8, 4) is 0 Å². The van der Waals surface area contributed by atoms with E-state index in [1.807, 2.05) is 0 Å². The molecule has 0 amide bonds. The van der Waals surface area contributed by atoms with Crippen LogP contribution in [0.15, 0.2) is 0 Å². The van der Waals surface area contributed by atoms with Gasteiger partial charge in [-0.3, -0.25) is 0 Å². The molecule has 0 saturated heterocycles. The second kappa shape index (κ2) is 6.09. The zero-order valence-electron chi connectivity index (χ0n) is 7.70. The van der Waals surface area contributed by atoms with Crippen molar-refractivity contribution in [3.05, 3.63) is 0 Å². The average molecular weight is 210 g/mol. The Morgan fingerprint density at radius 1 is 1.09 bits per heavy atom. The lowest BCUT2D eigenvalue weighted by molar-refractivity contribution is 0.0635. The zero-order valence-corrected chi connectivity index (χ0v) is 11.4. The third-order valence-electron chi connectivity index (χ3n) is 0.997. The van der Waals surface area contributed by atoms with Crippen LogP contribution in [0.2, 0.25) is 26.2 Å². The minimum atomic E-state index is -1.13. The molecule has 0 aliphatic rings. The highest BCUT2D eigenvalue weighted by Gasteiger charge is 2.12. The van der Waals surface area contributed by atoms with Gasteiger partial charge in [0.1, 0.15) is 5.91 Å². The lowest BCUT2D eigenvalue weighted by atomic mass is 11.5. The van der Waals surface area contributed by atoms with E-state index in [0.717, 1.165) is 0 Å². The topological polar surface area (TPSA) is 38.7 Å². The van der Waals surface area contributed by atoms with Gasteiger partial charge in [0.25, 0.3) is 0 Å². The quantitative estimate of drug-likeness (QED) is 0.484. The van der Waals surface area contributed by atoms with Crippen molar-refractivity contribution >= 4 is 27.8 Å². The summed E-state index contributed by atoms with van der Waals surface area (Å²) in [7, 11) is -3.20. The Labute approximate surface area is 74.1 Å². The van der Waals surface area contributed by atoms with Crippen molar-refractivity contribution in [1.29, 1.82) is 0 Å². The number of hydrogen-bond acceptors (Lipinski definition) is 3. The highest BCUT2D eigenvalue weighted by Crippen LogP contribution is 1.98. The Balaban J connectivity index is 3.58. The van der Waals surface area contributed by atoms with E-state index in [2.05, 4.69) is 26.2 Å². The van der Waals surface area contributed by atoms with Gasteiger partial charge in [-0.25, -0.2) is 0 Å². The third kappa shape index (κ3) is 6.91. The summed E-state index contributed by atoms with van der Waals surface area (Å²) in [5.74, 6) is -0.215. The molecule has 0 aromatic rings. The Bertz CT molecular complexity index is 89.0. The summed E-state index contributed by atoms with van der Waals surface area (Å²) in [4.78, 5) is 8.96. The molecule has 0 bridgehead atoms. The molecule has 0 spiro atoms. The predicted molar refractivity (Wildman–Crippen MR) is 54.5 cm³/mol. The molecular weight excluding hydrogens is 192 g/mol.